The third-order valence-corrected chi connectivity index (χ3v) is 6.26. The van der Waals surface area contributed by atoms with Crippen LogP contribution in [0, 0.1) is 11.6 Å². The number of benzene rings is 2. The largest absolute Gasteiger partial charge is 0.334 e. The van der Waals surface area contributed by atoms with Crippen molar-refractivity contribution >= 4 is 5.91 Å². The Hall–Kier alpha value is -2.61. The van der Waals surface area contributed by atoms with Crippen LogP contribution in [0.15, 0.2) is 61.2 Å². The molecular weight excluding hydrogens is 434 g/mol. The van der Waals surface area contributed by atoms with Gasteiger partial charge in [-0.2, -0.15) is 0 Å². The molecule has 0 saturated carbocycles. The molecule has 5 nitrogen and oxygen atoms in total. The van der Waals surface area contributed by atoms with E-state index in [4.69, 9.17) is 0 Å². The fraction of sp³-hybridized carbons (Fsp3) is 0.444. The molecule has 2 heterocycles. The van der Waals surface area contributed by atoms with Gasteiger partial charge in [0.2, 0.25) is 5.91 Å². The highest BCUT2D eigenvalue weighted by Crippen LogP contribution is 2.14. The Morgan fingerprint density at radius 3 is 1.91 bits per heavy atom. The third kappa shape index (κ3) is 8.01. The Morgan fingerprint density at radius 1 is 0.912 bits per heavy atom. The number of nitrogens with one attached hydrogen (secondary N) is 1. The number of halogens is 2. The first-order chi connectivity index (χ1) is 16.3. The van der Waals surface area contributed by atoms with Crippen LogP contribution in [0.1, 0.15) is 25.0 Å². The summed E-state index contributed by atoms with van der Waals surface area (Å²) in [6.45, 7) is 15.0. The van der Waals surface area contributed by atoms with Gasteiger partial charge in [-0.25, -0.2) is 8.78 Å². The van der Waals surface area contributed by atoms with Crippen molar-refractivity contribution in [2.24, 2.45) is 0 Å². The fourth-order valence-electron chi connectivity index (χ4n) is 4.47. The minimum absolute atomic E-state index is 0.00562. The molecule has 0 spiro atoms. The van der Waals surface area contributed by atoms with E-state index in [-0.39, 0.29) is 23.6 Å². The molecule has 7 heteroatoms. The van der Waals surface area contributed by atoms with Gasteiger partial charge >= 0.3 is 0 Å². The van der Waals surface area contributed by atoms with Crippen LogP contribution in [0.3, 0.4) is 0 Å². The van der Waals surface area contributed by atoms with Gasteiger partial charge in [0.15, 0.2) is 0 Å². The number of rotatable bonds is 5. The topological polar surface area (TPSA) is 38.8 Å². The van der Waals surface area contributed by atoms with E-state index in [0.29, 0.717) is 12.6 Å². The van der Waals surface area contributed by atoms with Crippen molar-refractivity contribution in [3.63, 3.8) is 0 Å². The summed E-state index contributed by atoms with van der Waals surface area (Å²) in [5.74, 6) is -0.375. The van der Waals surface area contributed by atoms with Gasteiger partial charge in [-0.1, -0.05) is 30.8 Å². The van der Waals surface area contributed by atoms with Crippen molar-refractivity contribution in [3.8, 4) is 0 Å². The maximum absolute atomic E-state index is 12.8. The summed E-state index contributed by atoms with van der Waals surface area (Å²) in [5, 5.41) is 3.41. The molecule has 4 rings (SSSR count). The van der Waals surface area contributed by atoms with Gasteiger partial charge in [0, 0.05) is 64.4 Å². The van der Waals surface area contributed by atoms with Crippen LogP contribution in [0.2, 0.25) is 0 Å². The Kier molecular flexibility index (Phi) is 9.74. The van der Waals surface area contributed by atoms with Crippen LogP contribution in [0.25, 0.3) is 0 Å². The molecule has 0 aromatic heterocycles. The highest BCUT2D eigenvalue weighted by Gasteiger charge is 2.25. The van der Waals surface area contributed by atoms with Gasteiger partial charge in [-0.15, -0.1) is 0 Å². The molecule has 1 amide bonds. The summed E-state index contributed by atoms with van der Waals surface area (Å²) in [4.78, 5) is 18.1. The van der Waals surface area contributed by atoms with E-state index in [2.05, 4.69) is 28.6 Å². The summed E-state index contributed by atoms with van der Waals surface area (Å²) in [6.07, 6.45) is 1.37. The lowest BCUT2D eigenvalue weighted by molar-refractivity contribution is -0.130. The van der Waals surface area contributed by atoms with Gasteiger partial charge in [0.05, 0.1) is 0 Å². The molecule has 0 radical (unpaired) electrons. The van der Waals surface area contributed by atoms with Crippen LogP contribution in [0.5, 0.6) is 0 Å². The molecule has 0 bridgehead atoms. The number of carbonyl (C=O) groups is 1. The van der Waals surface area contributed by atoms with Crippen molar-refractivity contribution in [1.82, 2.24) is 20.0 Å². The van der Waals surface area contributed by atoms with Crippen LogP contribution in [-0.4, -0.2) is 72.0 Å². The molecule has 2 atom stereocenters. The lowest BCUT2D eigenvalue weighted by atomic mass is 10.1. The molecule has 2 saturated heterocycles. The summed E-state index contributed by atoms with van der Waals surface area (Å²) >= 11 is 0. The molecule has 184 valence electrons. The van der Waals surface area contributed by atoms with Gasteiger partial charge in [-0.05, 0) is 55.3 Å². The minimum Gasteiger partial charge on any atom is -0.334 e. The summed E-state index contributed by atoms with van der Waals surface area (Å²) in [5.41, 5.74) is 2.28. The molecule has 0 aliphatic carbocycles. The van der Waals surface area contributed by atoms with E-state index in [1.54, 1.807) is 12.1 Å². The molecule has 1 N–H and O–H groups in total. The van der Waals surface area contributed by atoms with Gasteiger partial charge < -0.3 is 10.2 Å². The van der Waals surface area contributed by atoms with Crippen LogP contribution >= 0.6 is 0 Å². The Balaban J connectivity index is 0.000000196. The standard InChI is InChI=1S/C15H19FN2O.C12H17FN2/c1-3-15(19)18-9-8-17(10-12(18)2)11-13-4-6-14(16)7-5-13;1-10-8-15(7-6-14-10)9-11-2-4-12(13)5-3-11/h3-7,12H,1,8-11H2,2H3;2-5,10,14H,6-9H2,1H3. The SMILES string of the molecule is C=CC(=O)N1CCN(Cc2ccc(F)cc2)CC1C.CC1CN(Cc2ccc(F)cc2)CCN1. The van der Waals surface area contributed by atoms with Crippen LogP contribution in [0.4, 0.5) is 8.78 Å². The third-order valence-electron chi connectivity index (χ3n) is 6.26. The number of hydrogen-bond acceptors (Lipinski definition) is 4. The van der Waals surface area contributed by atoms with Crippen molar-refractivity contribution in [1.29, 1.82) is 0 Å². The van der Waals surface area contributed by atoms with E-state index in [0.717, 1.165) is 51.4 Å². The van der Waals surface area contributed by atoms with E-state index >= 15 is 0 Å². The van der Waals surface area contributed by atoms with Gasteiger partial charge in [0.25, 0.3) is 0 Å². The fourth-order valence-corrected chi connectivity index (χ4v) is 4.47. The highest BCUT2D eigenvalue weighted by molar-refractivity contribution is 5.87. The average molecular weight is 471 g/mol. The van der Waals surface area contributed by atoms with Crippen LogP contribution in [-0.2, 0) is 17.9 Å². The lowest BCUT2D eigenvalue weighted by Crippen LogP contribution is -2.53. The normalized spacial score (nSPS) is 21.5. The Bertz CT molecular complexity index is 919. The van der Waals surface area contributed by atoms with E-state index in [1.807, 2.05) is 24.0 Å². The summed E-state index contributed by atoms with van der Waals surface area (Å²) in [7, 11) is 0. The van der Waals surface area contributed by atoms with E-state index in [1.165, 1.54) is 35.9 Å². The molecule has 2 unspecified atom stereocenters. The molecule has 2 aromatic carbocycles. The smallest absolute Gasteiger partial charge is 0.246 e. The molecule has 2 fully saturated rings. The lowest BCUT2D eigenvalue weighted by Gasteiger charge is -2.39. The van der Waals surface area contributed by atoms with Gasteiger partial charge in [0.1, 0.15) is 11.6 Å². The molecule has 2 aromatic rings. The second-order valence-electron chi connectivity index (χ2n) is 9.16. The highest BCUT2D eigenvalue weighted by atomic mass is 19.1. The van der Waals surface area contributed by atoms with E-state index in [9.17, 15) is 13.6 Å². The van der Waals surface area contributed by atoms with E-state index < -0.39 is 0 Å². The molecule has 34 heavy (non-hydrogen) atoms. The molecular formula is C27H36F2N4O. The molecule has 2 aliphatic rings. The summed E-state index contributed by atoms with van der Waals surface area (Å²) in [6, 6.07) is 14.1. The second-order valence-corrected chi connectivity index (χ2v) is 9.16. The quantitative estimate of drug-likeness (QED) is 0.677. The number of hydrogen-bond donors (Lipinski definition) is 1. The average Bonchev–Trinajstić information content (AvgIpc) is 2.82. The number of piperazine rings is 2. The maximum Gasteiger partial charge on any atom is 0.246 e. The van der Waals surface area contributed by atoms with Crippen molar-refractivity contribution < 1.29 is 13.6 Å². The number of carbonyl (C=O) groups excluding carboxylic acids is 1. The first-order valence-electron chi connectivity index (χ1n) is 11.9. The predicted octanol–water partition coefficient (Wildman–Crippen LogP) is 3.66. The van der Waals surface area contributed by atoms with Gasteiger partial charge in [-0.3, -0.25) is 14.6 Å². The van der Waals surface area contributed by atoms with Crippen molar-refractivity contribution in [2.45, 2.75) is 39.0 Å². The Labute approximate surface area is 202 Å². The number of amides is 1. The van der Waals surface area contributed by atoms with Crippen molar-refractivity contribution in [2.75, 3.05) is 39.3 Å². The van der Waals surface area contributed by atoms with Crippen LogP contribution < -0.4 is 5.32 Å². The first-order valence-corrected chi connectivity index (χ1v) is 11.9. The zero-order valence-corrected chi connectivity index (χ0v) is 20.2. The number of nitrogens with zero attached hydrogens (tertiary/aromatic N) is 3. The monoisotopic (exact) mass is 470 g/mol. The first kappa shape index (κ1) is 26.0. The second kappa shape index (κ2) is 12.7. The Morgan fingerprint density at radius 2 is 1.44 bits per heavy atom. The zero-order chi connectivity index (χ0) is 24.5. The minimum atomic E-state index is -0.210. The molecule has 2 aliphatic heterocycles. The maximum atomic E-state index is 12.8. The van der Waals surface area contributed by atoms with Crippen molar-refractivity contribution in [3.05, 3.63) is 83.9 Å². The summed E-state index contributed by atoms with van der Waals surface area (Å²) < 4.78 is 25.5. The predicted molar refractivity (Wildman–Crippen MR) is 132 cm³/mol. The zero-order valence-electron chi connectivity index (χ0n) is 20.2.